The fourth-order valence-electron chi connectivity index (χ4n) is 0.496. The second-order valence-electron chi connectivity index (χ2n) is 1.68. The minimum Gasteiger partial charge on any atom is -0.464 e. The van der Waals surface area contributed by atoms with Crippen molar-refractivity contribution < 1.29 is 14.7 Å². The van der Waals surface area contributed by atoms with Gasteiger partial charge in [-0.2, -0.15) is 0 Å². The molecule has 0 unspecified atom stereocenters. The maximum Gasteiger partial charge on any atom is 0.423 e. The summed E-state index contributed by atoms with van der Waals surface area (Å²) in [5.74, 6) is -0.315. The highest BCUT2D eigenvalue weighted by molar-refractivity contribution is 5.76. The van der Waals surface area contributed by atoms with E-state index >= 15 is 0 Å². The van der Waals surface area contributed by atoms with Crippen molar-refractivity contribution in [3.63, 3.8) is 0 Å². The van der Waals surface area contributed by atoms with Gasteiger partial charge in [-0.05, 0) is 6.92 Å². The van der Waals surface area contributed by atoms with Crippen molar-refractivity contribution in [2.45, 2.75) is 13.8 Å². The van der Waals surface area contributed by atoms with Crippen LogP contribution in [0.2, 0.25) is 0 Å². The Morgan fingerprint density at radius 2 is 2.10 bits per heavy atom. The summed E-state index contributed by atoms with van der Waals surface area (Å²) in [6, 6.07) is 0. The largest absolute Gasteiger partial charge is 0.464 e. The van der Waals surface area contributed by atoms with Crippen LogP contribution in [0.25, 0.3) is 0 Å². The summed E-state index contributed by atoms with van der Waals surface area (Å²) in [5.41, 5.74) is 1.93. The number of hydrazine groups is 1. The third-order valence-electron chi connectivity index (χ3n) is 0.927. The van der Waals surface area contributed by atoms with Gasteiger partial charge in [0.2, 0.25) is 5.91 Å². The SMILES string of the molecule is CCN(NC(=O)O)C(C)=O. The number of amides is 2. The molecule has 0 heterocycles. The highest BCUT2D eigenvalue weighted by Gasteiger charge is 2.06. The zero-order chi connectivity index (χ0) is 8.15. The van der Waals surface area contributed by atoms with Gasteiger partial charge in [-0.25, -0.2) is 10.2 Å². The lowest BCUT2D eigenvalue weighted by Gasteiger charge is -2.16. The average Bonchev–Trinajstić information content (AvgIpc) is 1.81. The lowest BCUT2D eigenvalue weighted by Crippen LogP contribution is -2.44. The van der Waals surface area contributed by atoms with E-state index in [1.54, 1.807) is 6.92 Å². The van der Waals surface area contributed by atoms with Gasteiger partial charge in [0.15, 0.2) is 0 Å². The van der Waals surface area contributed by atoms with Crippen LogP contribution in [0.15, 0.2) is 0 Å². The van der Waals surface area contributed by atoms with Crippen molar-refractivity contribution in [2.24, 2.45) is 0 Å². The molecule has 0 bridgehead atoms. The number of rotatable bonds is 1. The summed E-state index contributed by atoms with van der Waals surface area (Å²) in [6.07, 6.45) is -1.22. The molecule has 0 aliphatic heterocycles. The van der Waals surface area contributed by atoms with Crippen molar-refractivity contribution >= 4 is 12.0 Å². The molecule has 0 aliphatic carbocycles. The molecule has 5 nitrogen and oxygen atoms in total. The monoisotopic (exact) mass is 146 g/mol. The number of hydrogen-bond acceptors (Lipinski definition) is 2. The summed E-state index contributed by atoms with van der Waals surface area (Å²) in [7, 11) is 0. The van der Waals surface area contributed by atoms with Gasteiger partial charge in [-0.15, -0.1) is 0 Å². The van der Waals surface area contributed by atoms with Gasteiger partial charge in [-0.1, -0.05) is 0 Å². The molecule has 0 aromatic rings. The van der Waals surface area contributed by atoms with Crippen molar-refractivity contribution in [2.75, 3.05) is 6.54 Å². The predicted octanol–water partition coefficient (Wildman–Crippen LogP) is 0.0374. The van der Waals surface area contributed by atoms with Crippen LogP contribution in [0.5, 0.6) is 0 Å². The minimum absolute atomic E-state index is 0.315. The van der Waals surface area contributed by atoms with E-state index in [0.29, 0.717) is 6.54 Å². The molecule has 10 heavy (non-hydrogen) atoms. The zero-order valence-corrected chi connectivity index (χ0v) is 5.92. The molecule has 2 N–H and O–H groups in total. The molecular formula is C5H10N2O3. The second-order valence-corrected chi connectivity index (χ2v) is 1.68. The first-order valence-electron chi connectivity index (χ1n) is 2.85. The summed E-state index contributed by atoms with van der Waals surface area (Å²) in [6.45, 7) is 3.30. The Bertz CT molecular complexity index is 146. The van der Waals surface area contributed by atoms with Crippen LogP contribution in [-0.4, -0.2) is 28.7 Å². The van der Waals surface area contributed by atoms with Gasteiger partial charge >= 0.3 is 6.09 Å². The van der Waals surface area contributed by atoms with Crippen molar-refractivity contribution in [1.82, 2.24) is 10.4 Å². The highest BCUT2D eigenvalue weighted by atomic mass is 16.4. The second kappa shape index (κ2) is 3.71. The van der Waals surface area contributed by atoms with Gasteiger partial charge in [-0.3, -0.25) is 9.80 Å². The number of carbonyl (C=O) groups excluding carboxylic acids is 1. The normalized spacial score (nSPS) is 8.60. The quantitative estimate of drug-likeness (QED) is 0.513. The van der Waals surface area contributed by atoms with Gasteiger partial charge in [0.25, 0.3) is 0 Å². The number of nitrogens with zero attached hydrogens (tertiary/aromatic N) is 1. The van der Waals surface area contributed by atoms with Crippen molar-refractivity contribution in [3.8, 4) is 0 Å². The average molecular weight is 146 g/mol. The fourth-order valence-corrected chi connectivity index (χ4v) is 0.496. The molecule has 0 aliphatic rings. The van der Waals surface area contributed by atoms with E-state index < -0.39 is 6.09 Å². The third-order valence-corrected chi connectivity index (χ3v) is 0.927. The molecule has 0 radical (unpaired) electrons. The minimum atomic E-state index is -1.22. The summed E-state index contributed by atoms with van der Waals surface area (Å²) >= 11 is 0. The lowest BCUT2D eigenvalue weighted by atomic mass is 10.6. The molecule has 58 valence electrons. The Morgan fingerprint density at radius 1 is 1.60 bits per heavy atom. The van der Waals surface area contributed by atoms with Crippen LogP contribution >= 0.6 is 0 Å². The molecule has 0 atom stereocenters. The molecular weight excluding hydrogens is 136 g/mol. The highest BCUT2D eigenvalue weighted by Crippen LogP contribution is 1.81. The van der Waals surface area contributed by atoms with E-state index in [1.807, 2.05) is 5.43 Å². The first kappa shape index (κ1) is 8.74. The molecule has 0 fully saturated rings. The Morgan fingerprint density at radius 3 is 2.20 bits per heavy atom. The van der Waals surface area contributed by atoms with Crippen LogP contribution in [-0.2, 0) is 4.79 Å². The van der Waals surface area contributed by atoms with Crippen molar-refractivity contribution in [1.29, 1.82) is 0 Å². The standard InChI is InChI=1S/C5H10N2O3/c1-3-7(4(2)8)6-5(9)10/h6H,3H2,1-2H3,(H,9,10). The van der Waals surface area contributed by atoms with Crippen LogP contribution < -0.4 is 5.43 Å². The van der Waals surface area contributed by atoms with E-state index in [9.17, 15) is 9.59 Å². The van der Waals surface area contributed by atoms with E-state index in [-0.39, 0.29) is 5.91 Å². The van der Waals surface area contributed by atoms with Crippen LogP contribution in [0.4, 0.5) is 4.79 Å². The predicted molar refractivity (Wildman–Crippen MR) is 34.2 cm³/mol. The third kappa shape index (κ3) is 2.91. The molecule has 2 amide bonds. The number of carboxylic acid groups (broad SMARTS) is 1. The maximum absolute atomic E-state index is 10.5. The molecule has 0 saturated heterocycles. The van der Waals surface area contributed by atoms with Crippen LogP contribution in [0, 0.1) is 0 Å². The topological polar surface area (TPSA) is 69.6 Å². The van der Waals surface area contributed by atoms with Crippen LogP contribution in [0.3, 0.4) is 0 Å². The molecule has 0 rings (SSSR count). The smallest absolute Gasteiger partial charge is 0.423 e. The fraction of sp³-hybridized carbons (Fsp3) is 0.600. The Labute approximate surface area is 58.6 Å². The van der Waals surface area contributed by atoms with Crippen molar-refractivity contribution in [3.05, 3.63) is 0 Å². The van der Waals surface area contributed by atoms with Gasteiger partial charge in [0, 0.05) is 13.5 Å². The zero-order valence-electron chi connectivity index (χ0n) is 5.92. The van der Waals surface area contributed by atoms with Gasteiger partial charge in [0.05, 0.1) is 0 Å². The van der Waals surface area contributed by atoms with E-state index in [4.69, 9.17) is 5.11 Å². The summed E-state index contributed by atoms with van der Waals surface area (Å²) in [5, 5.41) is 9.16. The first-order valence-corrected chi connectivity index (χ1v) is 2.85. The molecule has 0 aromatic carbocycles. The van der Waals surface area contributed by atoms with Gasteiger partial charge in [0.1, 0.15) is 0 Å². The number of hydrogen-bond donors (Lipinski definition) is 2. The van der Waals surface area contributed by atoms with Crippen LogP contribution in [0.1, 0.15) is 13.8 Å². The maximum atomic E-state index is 10.5. The molecule has 0 aromatic heterocycles. The molecule has 5 heteroatoms. The summed E-state index contributed by atoms with van der Waals surface area (Å²) in [4.78, 5) is 20.5. The van der Waals surface area contributed by atoms with Gasteiger partial charge < -0.3 is 5.11 Å². The summed E-state index contributed by atoms with van der Waals surface area (Å²) < 4.78 is 0. The molecule has 0 saturated carbocycles. The Balaban J connectivity index is 3.83. The first-order chi connectivity index (χ1) is 4.57. The van der Waals surface area contributed by atoms with E-state index in [2.05, 4.69) is 0 Å². The lowest BCUT2D eigenvalue weighted by molar-refractivity contribution is -0.131. The molecule has 0 spiro atoms. The number of nitrogens with one attached hydrogen (secondary N) is 1. The number of carbonyl (C=O) groups is 2. The van der Waals surface area contributed by atoms with E-state index in [1.165, 1.54) is 6.92 Å². The van der Waals surface area contributed by atoms with E-state index in [0.717, 1.165) is 5.01 Å². The Hall–Kier alpha value is -1.26. The Kier molecular flexibility index (Phi) is 3.24.